The molecule has 0 spiro atoms. The Labute approximate surface area is 219 Å². The zero-order valence-electron chi connectivity index (χ0n) is 21.1. The summed E-state index contributed by atoms with van der Waals surface area (Å²) in [5, 5.41) is 21.9. The van der Waals surface area contributed by atoms with Gasteiger partial charge in [-0.25, -0.2) is 9.78 Å². The van der Waals surface area contributed by atoms with E-state index in [1.807, 2.05) is 32.0 Å². The second kappa shape index (κ2) is 12.0. The van der Waals surface area contributed by atoms with Crippen LogP contribution in [0.1, 0.15) is 53.3 Å². The van der Waals surface area contributed by atoms with Gasteiger partial charge in [-0.3, -0.25) is 14.7 Å². The number of hydrogen-bond donors (Lipinski definition) is 4. The summed E-state index contributed by atoms with van der Waals surface area (Å²) < 4.78 is 5.70. The highest BCUT2D eigenvalue weighted by Gasteiger charge is 2.23. The van der Waals surface area contributed by atoms with Crippen LogP contribution in [-0.4, -0.2) is 50.2 Å². The molecule has 4 aromatic rings. The number of carbonyl (C=O) groups excluding carboxylic acids is 2. The molecular formula is C28H29N5O5. The molecule has 4 N–H and O–H groups in total. The summed E-state index contributed by atoms with van der Waals surface area (Å²) in [4.78, 5) is 41.2. The Hall–Kier alpha value is -4.73. The minimum Gasteiger partial charge on any atom is -0.480 e. The largest absolute Gasteiger partial charge is 0.480 e. The van der Waals surface area contributed by atoms with E-state index in [-0.39, 0.29) is 35.7 Å². The molecule has 0 aliphatic carbocycles. The van der Waals surface area contributed by atoms with Gasteiger partial charge in [-0.1, -0.05) is 56.3 Å². The van der Waals surface area contributed by atoms with Crippen molar-refractivity contribution in [1.82, 2.24) is 25.8 Å². The normalized spacial score (nSPS) is 11.8. The van der Waals surface area contributed by atoms with Crippen LogP contribution in [-0.2, 0) is 11.2 Å². The number of amides is 2. The third kappa shape index (κ3) is 6.33. The topological polar surface area (TPSA) is 150 Å². The molecule has 4 rings (SSSR count). The van der Waals surface area contributed by atoms with E-state index >= 15 is 0 Å². The van der Waals surface area contributed by atoms with Gasteiger partial charge in [0.25, 0.3) is 11.8 Å². The van der Waals surface area contributed by atoms with E-state index < -0.39 is 17.9 Å². The highest BCUT2D eigenvalue weighted by Crippen LogP contribution is 2.26. The van der Waals surface area contributed by atoms with Crippen LogP contribution in [0.5, 0.6) is 0 Å². The van der Waals surface area contributed by atoms with Gasteiger partial charge in [-0.15, -0.1) is 0 Å². The van der Waals surface area contributed by atoms with Crippen molar-refractivity contribution in [1.29, 1.82) is 0 Å². The number of aliphatic carboxylic acids is 1. The van der Waals surface area contributed by atoms with Crippen molar-refractivity contribution in [3.63, 3.8) is 0 Å². The number of carboxylic acid groups (broad SMARTS) is 1. The maximum atomic E-state index is 12.8. The Morgan fingerprint density at radius 1 is 0.947 bits per heavy atom. The van der Waals surface area contributed by atoms with Crippen LogP contribution < -0.4 is 10.6 Å². The monoisotopic (exact) mass is 515 g/mol. The van der Waals surface area contributed by atoms with Crippen LogP contribution in [0.3, 0.4) is 0 Å². The smallest absolute Gasteiger partial charge is 0.326 e. The minimum atomic E-state index is -1.13. The standard InChI is InChI=1S/C28H29N5O5/c1-3-20(4-2)30-26(35)24-16-29-27(38-24)19-12-8-11-18(14-19)21-15-22(33-32-21)25(34)31-23(28(36)37)13-17-9-6-5-7-10-17/h5-12,14-16,20,23H,3-4,13H2,1-2H3,(H,30,35)(H,31,34)(H,32,33)(H,36,37)/t23-/m0/s1. The van der Waals surface area contributed by atoms with Crippen molar-refractivity contribution in [3.8, 4) is 22.7 Å². The molecule has 2 aromatic carbocycles. The van der Waals surface area contributed by atoms with Crippen molar-refractivity contribution in [2.75, 3.05) is 0 Å². The molecule has 38 heavy (non-hydrogen) atoms. The van der Waals surface area contributed by atoms with Gasteiger partial charge < -0.3 is 20.2 Å². The predicted molar refractivity (Wildman–Crippen MR) is 140 cm³/mol. The average molecular weight is 516 g/mol. The number of H-pyrrole nitrogens is 1. The van der Waals surface area contributed by atoms with E-state index in [9.17, 15) is 19.5 Å². The van der Waals surface area contributed by atoms with Crippen molar-refractivity contribution >= 4 is 17.8 Å². The van der Waals surface area contributed by atoms with Crippen LogP contribution in [0.15, 0.2) is 71.3 Å². The second-order valence-corrected chi connectivity index (χ2v) is 8.82. The number of carbonyl (C=O) groups is 3. The summed E-state index contributed by atoms with van der Waals surface area (Å²) in [6.07, 6.45) is 3.18. The Morgan fingerprint density at radius 3 is 2.39 bits per heavy atom. The lowest BCUT2D eigenvalue weighted by Crippen LogP contribution is -2.42. The number of aromatic nitrogens is 3. The highest BCUT2D eigenvalue weighted by molar-refractivity contribution is 5.96. The molecule has 2 aromatic heterocycles. The number of aromatic amines is 1. The third-order valence-electron chi connectivity index (χ3n) is 6.16. The molecule has 10 heteroatoms. The van der Waals surface area contributed by atoms with Crippen molar-refractivity contribution in [3.05, 3.63) is 83.9 Å². The first-order chi connectivity index (χ1) is 18.4. The van der Waals surface area contributed by atoms with Gasteiger partial charge in [0.05, 0.1) is 11.9 Å². The van der Waals surface area contributed by atoms with E-state index in [4.69, 9.17) is 4.42 Å². The van der Waals surface area contributed by atoms with Crippen LogP contribution in [0.4, 0.5) is 0 Å². The fourth-order valence-electron chi connectivity index (χ4n) is 3.95. The molecule has 0 saturated heterocycles. The quantitative estimate of drug-likeness (QED) is 0.235. The van der Waals surface area contributed by atoms with E-state index in [1.165, 1.54) is 6.20 Å². The summed E-state index contributed by atoms with van der Waals surface area (Å²) in [7, 11) is 0. The maximum absolute atomic E-state index is 12.8. The zero-order valence-corrected chi connectivity index (χ0v) is 21.1. The SMILES string of the molecule is CCC(CC)NC(=O)c1cnc(-c2cccc(-c3cc(C(=O)N[C@@H](Cc4ccccc4)C(=O)O)[nH]n3)c2)o1. The molecule has 0 radical (unpaired) electrons. The van der Waals surface area contributed by atoms with E-state index in [1.54, 1.807) is 42.5 Å². The van der Waals surface area contributed by atoms with Crippen LogP contribution >= 0.6 is 0 Å². The Morgan fingerprint density at radius 2 is 1.68 bits per heavy atom. The molecule has 0 aliphatic rings. The number of rotatable bonds is 11. The number of nitrogens with zero attached hydrogens (tertiary/aromatic N) is 2. The lowest BCUT2D eigenvalue weighted by atomic mass is 10.1. The fraction of sp³-hybridized carbons (Fsp3) is 0.250. The molecule has 0 fully saturated rings. The van der Waals surface area contributed by atoms with Gasteiger partial charge in [0, 0.05) is 23.6 Å². The molecular weight excluding hydrogens is 486 g/mol. The van der Waals surface area contributed by atoms with Crippen molar-refractivity contribution in [2.24, 2.45) is 0 Å². The molecule has 0 unspecified atom stereocenters. The first-order valence-electron chi connectivity index (χ1n) is 12.4. The summed E-state index contributed by atoms with van der Waals surface area (Å²) >= 11 is 0. The Balaban J connectivity index is 1.46. The number of oxazole rings is 1. The summed E-state index contributed by atoms with van der Waals surface area (Å²) in [6.45, 7) is 4.01. The summed E-state index contributed by atoms with van der Waals surface area (Å²) in [5.74, 6) is -1.62. The molecule has 0 saturated carbocycles. The second-order valence-electron chi connectivity index (χ2n) is 8.82. The number of nitrogens with one attached hydrogen (secondary N) is 3. The number of benzene rings is 2. The third-order valence-corrected chi connectivity index (χ3v) is 6.16. The molecule has 0 aliphatic heterocycles. The Bertz CT molecular complexity index is 1410. The molecule has 10 nitrogen and oxygen atoms in total. The van der Waals surface area contributed by atoms with Gasteiger partial charge in [-0.2, -0.15) is 5.10 Å². The number of carboxylic acids is 1. The van der Waals surface area contributed by atoms with Crippen LogP contribution in [0.25, 0.3) is 22.7 Å². The van der Waals surface area contributed by atoms with Crippen LogP contribution in [0, 0.1) is 0 Å². The van der Waals surface area contributed by atoms with Gasteiger partial charge in [0.15, 0.2) is 0 Å². The maximum Gasteiger partial charge on any atom is 0.326 e. The number of hydrogen-bond acceptors (Lipinski definition) is 6. The first-order valence-corrected chi connectivity index (χ1v) is 12.4. The van der Waals surface area contributed by atoms with Gasteiger partial charge in [-0.05, 0) is 36.6 Å². The molecule has 0 bridgehead atoms. The van der Waals surface area contributed by atoms with Gasteiger partial charge >= 0.3 is 5.97 Å². The van der Waals surface area contributed by atoms with Crippen molar-refractivity contribution < 1.29 is 23.9 Å². The molecule has 2 heterocycles. The lowest BCUT2D eigenvalue weighted by Gasteiger charge is -2.13. The van der Waals surface area contributed by atoms with Crippen molar-refractivity contribution in [2.45, 2.75) is 45.2 Å². The molecule has 1 atom stereocenters. The zero-order chi connectivity index (χ0) is 27.1. The summed E-state index contributed by atoms with van der Waals surface area (Å²) in [6, 6.07) is 16.7. The predicted octanol–water partition coefficient (Wildman–Crippen LogP) is 4.08. The van der Waals surface area contributed by atoms with E-state index in [0.717, 1.165) is 18.4 Å². The fourth-order valence-corrected chi connectivity index (χ4v) is 3.95. The average Bonchev–Trinajstić information content (AvgIpc) is 3.63. The van der Waals surface area contributed by atoms with Gasteiger partial charge in [0.1, 0.15) is 11.7 Å². The van der Waals surface area contributed by atoms with Crippen LogP contribution in [0.2, 0.25) is 0 Å². The van der Waals surface area contributed by atoms with E-state index in [2.05, 4.69) is 25.8 Å². The molecule has 196 valence electrons. The Kier molecular flexibility index (Phi) is 8.32. The van der Waals surface area contributed by atoms with E-state index in [0.29, 0.717) is 16.8 Å². The molecule has 2 amide bonds. The first kappa shape index (κ1) is 26.3. The van der Waals surface area contributed by atoms with Gasteiger partial charge in [0.2, 0.25) is 11.7 Å². The minimum absolute atomic E-state index is 0.0644. The highest BCUT2D eigenvalue weighted by atomic mass is 16.4. The summed E-state index contributed by atoms with van der Waals surface area (Å²) in [5.41, 5.74) is 2.71. The lowest BCUT2D eigenvalue weighted by molar-refractivity contribution is -0.139.